The van der Waals surface area contributed by atoms with Crippen LogP contribution in [-0.4, -0.2) is 18.9 Å². The lowest BCUT2D eigenvalue weighted by Crippen LogP contribution is -2.37. The Morgan fingerprint density at radius 2 is 1.94 bits per heavy atom. The summed E-state index contributed by atoms with van der Waals surface area (Å²) in [6.45, 7) is 6.50. The van der Waals surface area contributed by atoms with Gasteiger partial charge in [0.05, 0.1) is 5.84 Å². The minimum Gasteiger partial charge on any atom is -0.373 e. The molecule has 1 N–H and O–H groups in total. The molecule has 2 rings (SSSR count). The predicted octanol–water partition coefficient (Wildman–Crippen LogP) is 3.14. The van der Waals surface area contributed by atoms with Gasteiger partial charge in [-0.15, -0.1) is 0 Å². The average Bonchev–Trinajstić information content (AvgIpc) is 2.39. The molecule has 0 fully saturated rings. The van der Waals surface area contributed by atoms with Crippen LogP contribution in [-0.2, 0) is 5.41 Å². The lowest BCUT2D eigenvalue weighted by Gasteiger charge is -2.27. The maximum absolute atomic E-state index is 4.53. The van der Waals surface area contributed by atoms with E-state index in [0.29, 0.717) is 0 Å². The number of nitrogens with one attached hydrogen (secondary N) is 1. The van der Waals surface area contributed by atoms with Gasteiger partial charge < -0.3 is 5.32 Å². The molecule has 0 saturated heterocycles. The van der Waals surface area contributed by atoms with Crippen molar-refractivity contribution in [1.29, 1.82) is 0 Å². The van der Waals surface area contributed by atoms with Crippen LogP contribution >= 0.6 is 0 Å². The molecule has 0 bridgehead atoms. The predicted molar refractivity (Wildman–Crippen MR) is 73.6 cm³/mol. The smallest absolute Gasteiger partial charge is 0.0963 e. The lowest BCUT2D eigenvalue weighted by molar-refractivity contribution is 0.507. The van der Waals surface area contributed by atoms with Crippen molar-refractivity contribution in [1.82, 2.24) is 5.32 Å². The second-order valence-electron chi connectivity index (χ2n) is 5.39. The van der Waals surface area contributed by atoms with Crippen LogP contribution in [0.5, 0.6) is 0 Å². The molecular weight excluding hydrogens is 208 g/mol. The van der Waals surface area contributed by atoms with E-state index in [2.05, 4.69) is 54.5 Å². The molecule has 1 aromatic carbocycles. The molecule has 92 valence electrons. The van der Waals surface area contributed by atoms with Crippen LogP contribution in [0.15, 0.2) is 35.3 Å². The number of amidine groups is 1. The molecule has 2 nitrogen and oxygen atoms in total. The van der Waals surface area contributed by atoms with Crippen molar-refractivity contribution < 1.29 is 0 Å². The molecule has 1 heterocycles. The van der Waals surface area contributed by atoms with Crippen LogP contribution < -0.4 is 5.32 Å². The van der Waals surface area contributed by atoms with Crippen LogP contribution in [0.4, 0.5) is 0 Å². The first kappa shape index (κ1) is 12.2. The SMILES string of the molecule is CC(C)(CNC1=NCCCC1)c1ccccc1. The zero-order valence-electron chi connectivity index (χ0n) is 10.9. The molecule has 1 aliphatic rings. The molecule has 0 aliphatic carbocycles. The fraction of sp³-hybridized carbons (Fsp3) is 0.533. The Hall–Kier alpha value is -1.31. The van der Waals surface area contributed by atoms with Crippen LogP contribution in [0.25, 0.3) is 0 Å². The minimum atomic E-state index is 0.154. The highest BCUT2D eigenvalue weighted by Gasteiger charge is 2.20. The maximum atomic E-state index is 4.53. The first-order valence-electron chi connectivity index (χ1n) is 6.51. The molecule has 0 radical (unpaired) electrons. The molecule has 1 aromatic rings. The van der Waals surface area contributed by atoms with E-state index in [1.807, 2.05) is 0 Å². The summed E-state index contributed by atoms with van der Waals surface area (Å²) in [6, 6.07) is 10.7. The summed E-state index contributed by atoms with van der Waals surface area (Å²) in [5, 5.41) is 3.51. The normalized spacial score (nSPS) is 16.5. The summed E-state index contributed by atoms with van der Waals surface area (Å²) in [4.78, 5) is 4.53. The Morgan fingerprint density at radius 1 is 1.18 bits per heavy atom. The number of rotatable bonds is 3. The Morgan fingerprint density at radius 3 is 2.59 bits per heavy atom. The van der Waals surface area contributed by atoms with Gasteiger partial charge in [-0.25, -0.2) is 0 Å². The van der Waals surface area contributed by atoms with Crippen LogP contribution in [0, 0.1) is 0 Å². The molecule has 0 unspecified atom stereocenters. The third kappa shape index (κ3) is 3.32. The Bertz CT molecular complexity index is 379. The van der Waals surface area contributed by atoms with E-state index < -0.39 is 0 Å². The highest BCUT2D eigenvalue weighted by Crippen LogP contribution is 2.21. The van der Waals surface area contributed by atoms with Crippen molar-refractivity contribution in [3.63, 3.8) is 0 Å². The van der Waals surface area contributed by atoms with Crippen molar-refractivity contribution in [2.24, 2.45) is 4.99 Å². The molecule has 2 heteroatoms. The first-order chi connectivity index (χ1) is 8.18. The van der Waals surface area contributed by atoms with E-state index in [-0.39, 0.29) is 5.41 Å². The molecule has 17 heavy (non-hydrogen) atoms. The second kappa shape index (κ2) is 5.35. The largest absolute Gasteiger partial charge is 0.373 e. The van der Waals surface area contributed by atoms with Gasteiger partial charge in [0, 0.05) is 24.9 Å². The second-order valence-corrected chi connectivity index (χ2v) is 5.39. The summed E-state index contributed by atoms with van der Waals surface area (Å²) in [5.74, 6) is 1.19. The summed E-state index contributed by atoms with van der Waals surface area (Å²) < 4.78 is 0. The van der Waals surface area contributed by atoms with Crippen LogP contribution in [0.2, 0.25) is 0 Å². The van der Waals surface area contributed by atoms with Gasteiger partial charge in [-0.1, -0.05) is 44.2 Å². The van der Waals surface area contributed by atoms with Crippen LogP contribution in [0.1, 0.15) is 38.7 Å². The molecule has 0 amide bonds. The fourth-order valence-corrected chi connectivity index (χ4v) is 2.16. The van der Waals surface area contributed by atoms with Gasteiger partial charge in [-0.3, -0.25) is 4.99 Å². The lowest BCUT2D eigenvalue weighted by atomic mass is 9.84. The molecule has 0 atom stereocenters. The van der Waals surface area contributed by atoms with Crippen molar-refractivity contribution in [3.05, 3.63) is 35.9 Å². The highest BCUT2D eigenvalue weighted by atomic mass is 15.0. The van der Waals surface area contributed by atoms with E-state index in [4.69, 9.17) is 0 Å². The fourth-order valence-electron chi connectivity index (χ4n) is 2.16. The molecule has 1 aliphatic heterocycles. The standard InChI is InChI=1S/C15H22N2/c1-15(2,13-8-4-3-5-9-13)12-17-14-10-6-7-11-16-14/h3-5,8-9H,6-7,10-12H2,1-2H3,(H,16,17). The molecular formula is C15H22N2. The zero-order chi connectivity index (χ0) is 12.1. The van der Waals surface area contributed by atoms with Gasteiger partial charge in [-0.2, -0.15) is 0 Å². The topological polar surface area (TPSA) is 24.4 Å². The van der Waals surface area contributed by atoms with Crippen molar-refractivity contribution in [3.8, 4) is 0 Å². The third-order valence-corrected chi connectivity index (χ3v) is 3.41. The summed E-state index contributed by atoms with van der Waals surface area (Å²) in [6.07, 6.45) is 3.63. The van der Waals surface area contributed by atoms with Gasteiger partial charge in [0.1, 0.15) is 0 Å². The molecule has 0 saturated carbocycles. The number of benzene rings is 1. The summed E-state index contributed by atoms with van der Waals surface area (Å²) in [7, 11) is 0. The number of hydrogen-bond acceptors (Lipinski definition) is 2. The maximum Gasteiger partial charge on any atom is 0.0963 e. The number of nitrogens with zero attached hydrogens (tertiary/aromatic N) is 1. The first-order valence-corrected chi connectivity index (χ1v) is 6.51. The van der Waals surface area contributed by atoms with Gasteiger partial charge in [0.15, 0.2) is 0 Å². The Labute approximate surface area is 104 Å². The highest BCUT2D eigenvalue weighted by molar-refractivity contribution is 5.82. The van der Waals surface area contributed by atoms with Crippen molar-refractivity contribution in [2.75, 3.05) is 13.1 Å². The van der Waals surface area contributed by atoms with E-state index in [1.54, 1.807) is 0 Å². The van der Waals surface area contributed by atoms with Gasteiger partial charge in [0.2, 0.25) is 0 Å². The average molecular weight is 230 g/mol. The number of aliphatic imine (C=N–C) groups is 1. The number of hydrogen-bond donors (Lipinski definition) is 1. The Kier molecular flexibility index (Phi) is 3.82. The van der Waals surface area contributed by atoms with Gasteiger partial charge >= 0.3 is 0 Å². The van der Waals surface area contributed by atoms with Gasteiger partial charge in [0.25, 0.3) is 0 Å². The van der Waals surface area contributed by atoms with E-state index in [9.17, 15) is 0 Å². The Balaban J connectivity index is 1.95. The zero-order valence-corrected chi connectivity index (χ0v) is 10.9. The molecule has 0 aromatic heterocycles. The van der Waals surface area contributed by atoms with Crippen molar-refractivity contribution in [2.45, 2.75) is 38.5 Å². The molecule has 0 spiro atoms. The van der Waals surface area contributed by atoms with Crippen LogP contribution in [0.3, 0.4) is 0 Å². The third-order valence-electron chi connectivity index (χ3n) is 3.41. The van der Waals surface area contributed by atoms with Gasteiger partial charge in [-0.05, 0) is 18.4 Å². The minimum absolute atomic E-state index is 0.154. The van der Waals surface area contributed by atoms with Crippen molar-refractivity contribution >= 4 is 5.84 Å². The summed E-state index contributed by atoms with van der Waals surface area (Å²) in [5.41, 5.74) is 1.53. The quantitative estimate of drug-likeness (QED) is 0.847. The summed E-state index contributed by atoms with van der Waals surface area (Å²) >= 11 is 0. The monoisotopic (exact) mass is 230 g/mol. The van der Waals surface area contributed by atoms with E-state index >= 15 is 0 Å². The van der Waals surface area contributed by atoms with E-state index in [0.717, 1.165) is 19.5 Å². The van der Waals surface area contributed by atoms with E-state index in [1.165, 1.54) is 24.2 Å².